The SMILES string of the molecule is NCC(N)(C(=O)O)S(=O)(=O)c1cccnc1. The van der Waals surface area contributed by atoms with Crippen LogP contribution in [0.3, 0.4) is 0 Å². The molecule has 8 heteroatoms. The molecule has 1 heterocycles. The van der Waals surface area contributed by atoms with E-state index in [9.17, 15) is 13.2 Å². The average Bonchev–Trinajstić information content (AvgIpc) is 2.28. The van der Waals surface area contributed by atoms with Crippen molar-refractivity contribution in [2.24, 2.45) is 11.5 Å². The van der Waals surface area contributed by atoms with Gasteiger partial charge in [-0.05, 0) is 12.1 Å². The number of carboxylic acid groups (broad SMARTS) is 1. The van der Waals surface area contributed by atoms with Gasteiger partial charge in [0.15, 0.2) is 0 Å². The number of nitrogens with two attached hydrogens (primary N) is 2. The van der Waals surface area contributed by atoms with Crippen LogP contribution in [0.1, 0.15) is 0 Å². The van der Waals surface area contributed by atoms with E-state index in [4.69, 9.17) is 16.6 Å². The van der Waals surface area contributed by atoms with Gasteiger partial charge in [-0.15, -0.1) is 0 Å². The lowest BCUT2D eigenvalue weighted by atomic mass is 10.3. The van der Waals surface area contributed by atoms with Gasteiger partial charge in [0, 0.05) is 18.9 Å². The summed E-state index contributed by atoms with van der Waals surface area (Å²) in [5.74, 6) is -1.70. The van der Waals surface area contributed by atoms with Crippen molar-refractivity contribution in [1.29, 1.82) is 0 Å². The first kappa shape index (κ1) is 12.6. The largest absolute Gasteiger partial charge is 0.479 e. The lowest BCUT2D eigenvalue weighted by Crippen LogP contribution is -2.59. The molecular weight excluding hydrogens is 234 g/mol. The first-order valence-corrected chi connectivity index (χ1v) is 5.71. The molecule has 7 nitrogen and oxygen atoms in total. The second kappa shape index (κ2) is 4.16. The fourth-order valence-electron chi connectivity index (χ4n) is 1.03. The molecule has 0 spiro atoms. The van der Waals surface area contributed by atoms with Crippen molar-refractivity contribution >= 4 is 15.8 Å². The van der Waals surface area contributed by atoms with Gasteiger partial charge in [-0.3, -0.25) is 4.98 Å². The molecule has 1 aromatic rings. The van der Waals surface area contributed by atoms with Crippen LogP contribution in [0.2, 0.25) is 0 Å². The Morgan fingerprint density at radius 3 is 2.56 bits per heavy atom. The van der Waals surface area contributed by atoms with E-state index in [1.807, 2.05) is 0 Å². The van der Waals surface area contributed by atoms with E-state index in [-0.39, 0.29) is 4.90 Å². The summed E-state index contributed by atoms with van der Waals surface area (Å²) in [6.07, 6.45) is 2.38. The molecule has 5 N–H and O–H groups in total. The maximum atomic E-state index is 11.9. The Bertz CT molecular complexity index is 487. The Labute approximate surface area is 92.0 Å². The molecule has 0 aromatic carbocycles. The number of hydrogen-bond donors (Lipinski definition) is 3. The van der Waals surface area contributed by atoms with Gasteiger partial charge in [-0.25, -0.2) is 13.2 Å². The molecule has 0 amide bonds. The second-order valence-electron chi connectivity index (χ2n) is 3.09. The normalized spacial score (nSPS) is 15.4. The van der Waals surface area contributed by atoms with Crippen molar-refractivity contribution in [1.82, 2.24) is 4.98 Å². The van der Waals surface area contributed by atoms with Gasteiger partial charge in [0.25, 0.3) is 0 Å². The average molecular weight is 245 g/mol. The van der Waals surface area contributed by atoms with E-state index < -0.39 is 27.2 Å². The number of rotatable bonds is 4. The number of carbonyl (C=O) groups is 1. The zero-order valence-electron chi connectivity index (χ0n) is 8.20. The Balaban J connectivity index is 3.37. The molecule has 0 fully saturated rings. The number of carboxylic acids is 1. The van der Waals surface area contributed by atoms with E-state index in [2.05, 4.69) is 4.98 Å². The second-order valence-corrected chi connectivity index (χ2v) is 5.30. The van der Waals surface area contributed by atoms with Crippen molar-refractivity contribution < 1.29 is 18.3 Å². The van der Waals surface area contributed by atoms with Gasteiger partial charge in [-0.2, -0.15) is 0 Å². The molecule has 0 bridgehead atoms. The third-order valence-electron chi connectivity index (χ3n) is 2.09. The summed E-state index contributed by atoms with van der Waals surface area (Å²) >= 11 is 0. The molecule has 1 aromatic heterocycles. The standard InChI is InChI=1S/C8H11N3O4S/c9-5-8(10,7(12)13)16(14,15)6-2-1-3-11-4-6/h1-4H,5,9-10H2,(H,12,13). The molecule has 0 aliphatic heterocycles. The van der Waals surface area contributed by atoms with Gasteiger partial charge in [0.2, 0.25) is 14.7 Å². The Hall–Kier alpha value is -1.51. The zero-order valence-corrected chi connectivity index (χ0v) is 9.02. The number of sulfone groups is 1. The Morgan fingerprint density at radius 2 is 2.19 bits per heavy atom. The van der Waals surface area contributed by atoms with E-state index in [0.717, 1.165) is 6.20 Å². The fraction of sp³-hybridized carbons (Fsp3) is 0.250. The highest BCUT2D eigenvalue weighted by molar-refractivity contribution is 7.93. The summed E-state index contributed by atoms with van der Waals surface area (Å²) in [6.45, 7) is -0.723. The van der Waals surface area contributed by atoms with Crippen molar-refractivity contribution in [2.75, 3.05) is 6.54 Å². The van der Waals surface area contributed by atoms with Crippen LogP contribution in [0, 0.1) is 0 Å². The summed E-state index contributed by atoms with van der Waals surface area (Å²) < 4.78 is 23.8. The first-order chi connectivity index (χ1) is 7.36. The van der Waals surface area contributed by atoms with Crippen molar-refractivity contribution in [3.05, 3.63) is 24.5 Å². The fourth-order valence-corrected chi connectivity index (χ4v) is 2.36. The summed E-state index contributed by atoms with van der Waals surface area (Å²) in [7, 11) is -4.26. The number of pyridine rings is 1. The molecule has 0 saturated heterocycles. The Morgan fingerprint density at radius 1 is 1.56 bits per heavy atom. The van der Waals surface area contributed by atoms with E-state index in [0.29, 0.717) is 0 Å². The van der Waals surface area contributed by atoms with E-state index >= 15 is 0 Å². The monoisotopic (exact) mass is 245 g/mol. The highest BCUT2D eigenvalue weighted by Gasteiger charge is 2.47. The number of aliphatic carboxylic acids is 1. The molecule has 1 rings (SSSR count). The van der Waals surface area contributed by atoms with Gasteiger partial charge in [0.05, 0.1) is 4.90 Å². The van der Waals surface area contributed by atoms with Gasteiger partial charge >= 0.3 is 5.97 Å². The molecule has 88 valence electrons. The first-order valence-electron chi connectivity index (χ1n) is 4.23. The van der Waals surface area contributed by atoms with Gasteiger partial charge < -0.3 is 16.6 Å². The molecule has 0 aliphatic rings. The third kappa shape index (κ3) is 1.77. The number of aromatic nitrogens is 1. The highest BCUT2D eigenvalue weighted by Crippen LogP contribution is 2.20. The minimum atomic E-state index is -4.26. The highest BCUT2D eigenvalue weighted by atomic mass is 32.2. The van der Waals surface area contributed by atoms with Crippen LogP contribution >= 0.6 is 0 Å². The van der Waals surface area contributed by atoms with E-state index in [1.54, 1.807) is 0 Å². The van der Waals surface area contributed by atoms with Crippen molar-refractivity contribution in [3.8, 4) is 0 Å². The van der Waals surface area contributed by atoms with Crippen molar-refractivity contribution in [2.45, 2.75) is 9.77 Å². The van der Waals surface area contributed by atoms with Gasteiger partial charge in [-0.1, -0.05) is 0 Å². The Kier molecular flexibility index (Phi) is 3.27. The molecule has 1 atom stereocenters. The summed E-state index contributed by atoms with van der Waals surface area (Å²) in [6, 6.07) is 2.58. The predicted octanol–water partition coefficient (Wildman–Crippen LogP) is -1.45. The third-order valence-corrected chi connectivity index (χ3v) is 4.25. The predicted molar refractivity (Wildman–Crippen MR) is 55.0 cm³/mol. The number of hydrogen-bond acceptors (Lipinski definition) is 6. The minimum Gasteiger partial charge on any atom is -0.479 e. The van der Waals surface area contributed by atoms with Gasteiger partial charge in [0.1, 0.15) is 0 Å². The lowest BCUT2D eigenvalue weighted by molar-refractivity contribution is -0.139. The minimum absolute atomic E-state index is 0.273. The van der Waals surface area contributed by atoms with E-state index in [1.165, 1.54) is 18.3 Å². The van der Waals surface area contributed by atoms with Crippen LogP contribution in [0.5, 0.6) is 0 Å². The van der Waals surface area contributed by atoms with Crippen LogP contribution in [0.15, 0.2) is 29.4 Å². The quantitative estimate of drug-likeness (QED) is 0.590. The maximum Gasteiger partial charge on any atom is 0.341 e. The van der Waals surface area contributed by atoms with Crippen LogP contribution in [-0.4, -0.2) is 35.9 Å². The molecule has 16 heavy (non-hydrogen) atoms. The summed E-state index contributed by atoms with van der Waals surface area (Å²) in [4.78, 5) is 11.7. The topological polar surface area (TPSA) is 136 Å². The molecule has 0 radical (unpaired) electrons. The smallest absolute Gasteiger partial charge is 0.341 e. The number of nitrogens with zero attached hydrogens (tertiary/aromatic N) is 1. The molecular formula is C8H11N3O4S. The van der Waals surface area contributed by atoms with Crippen LogP contribution in [0.25, 0.3) is 0 Å². The molecule has 0 aliphatic carbocycles. The molecule has 1 unspecified atom stereocenters. The molecule has 0 saturated carbocycles. The summed E-state index contributed by atoms with van der Waals surface area (Å²) in [5, 5.41) is 8.82. The van der Waals surface area contributed by atoms with Crippen LogP contribution in [-0.2, 0) is 14.6 Å². The lowest BCUT2D eigenvalue weighted by Gasteiger charge is -2.22. The summed E-state index contributed by atoms with van der Waals surface area (Å²) in [5.41, 5.74) is 10.4. The van der Waals surface area contributed by atoms with Crippen LogP contribution < -0.4 is 11.5 Å². The zero-order chi connectivity index (χ0) is 12.4. The maximum absolute atomic E-state index is 11.9. The van der Waals surface area contributed by atoms with Crippen molar-refractivity contribution in [3.63, 3.8) is 0 Å². The van der Waals surface area contributed by atoms with Crippen LogP contribution in [0.4, 0.5) is 0 Å².